The third-order valence-corrected chi connectivity index (χ3v) is 2.54. The summed E-state index contributed by atoms with van der Waals surface area (Å²) in [7, 11) is 0. The summed E-state index contributed by atoms with van der Waals surface area (Å²) in [5, 5.41) is 0. The molecule has 1 heterocycles. The van der Waals surface area contributed by atoms with Gasteiger partial charge in [-0.1, -0.05) is 6.92 Å². The molecule has 0 fully saturated rings. The highest BCUT2D eigenvalue weighted by Crippen LogP contribution is 2.32. The summed E-state index contributed by atoms with van der Waals surface area (Å²) in [6.07, 6.45) is 5.06. The number of anilines is 1. The first kappa shape index (κ1) is 7.53. The first-order chi connectivity index (χ1) is 5.79. The van der Waals surface area contributed by atoms with E-state index in [0.29, 0.717) is 11.7 Å². The second kappa shape index (κ2) is 2.73. The minimum Gasteiger partial charge on any atom is -0.383 e. The molecule has 3 nitrogen and oxygen atoms in total. The molecule has 0 saturated carbocycles. The Morgan fingerprint density at radius 3 is 3.08 bits per heavy atom. The summed E-state index contributed by atoms with van der Waals surface area (Å²) < 4.78 is 0. The average molecular weight is 163 g/mol. The lowest BCUT2D eigenvalue weighted by Crippen LogP contribution is -2.13. The Morgan fingerprint density at radius 2 is 2.33 bits per heavy atom. The Morgan fingerprint density at radius 1 is 1.50 bits per heavy atom. The molecule has 1 aromatic rings. The highest BCUT2D eigenvalue weighted by molar-refractivity contribution is 5.44. The smallest absolute Gasteiger partial charge is 0.130 e. The van der Waals surface area contributed by atoms with Crippen molar-refractivity contribution < 1.29 is 0 Å². The molecule has 2 rings (SSSR count). The molecule has 0 spiro atoms. The molecule has 0 aromatic carbocycles. The Hall–Kier alpha value is -1.12. The fourth-order valence-electron chi connectivity index (χ4n) is 1.90. The van der Waals surface area contributed by atoms with Gasteiger partial charge in [-0.2, -0.15) is 0 Å². The van der Waals surface area contributed by atoms with Crippen molar-refractivity contribution in [3.63, 3.8) is 0 Å². The van der Waals surface area contributed by atoms with Gasteiger partial charge in [-0.15, -0.1) is 0 Å². The van der Waals surface area contributed by atoms with Crippen LogP contribution in [0.15, 0.2) is 6.33 Å². The number of rotatable bonds is 0. The van der Waals surface area contributed by atoms with Crippen molar-refractivity contribution in [3.8, 4) is 0 Å². The monoisotopic (exact) mass is 163 g/mol. The average Bonchev–Trinajstić information content (AvgIpc) is 2.04. The van der Waals surface area contributed by atoms with Crippen molar-refractivity contribution in [3.05, 3.63) is 17.6 Å². The molecule has 2 N–H and O–H groups in total. The van der Waals surface area contributed by atoms with Crippen LogP contribution in [0.4, 0.5) is 5.82 Å². The molecule has 0 bridgehead atoms. The van der Waals surface area contributed by atoms with E-state index in [9.17, 15) is 0 Å². The van der Waals surface area contributed by atoms with E-state index >= 15 is 0 Å². The lowest BCUT2D eigenvalue weighted by Gasteiger charge is -2.21. The third kappa shape index (κ3) is 1.05. The normalized spacial score (nSPS) is 21.9. The maximum atomic E-state index is 5.78. The molecule has 3 heteroatoms. The molecule has 0 amide bonds. The van der Waals surface area contributed by atoms with E-state index < -0.39 is 0 Å². The van der Waals surface area contributed by atoms with Gasteiger partial charge in [-0.05, 0) is 25.2 Å². The first-order valence-electron chi connectivity index (χ1n) is 4.38. The standard InChI is InChI=1S/C9H13N3/c1-6-3-2-4-7-8(6)9(10)12-5-11-7/h5-6H,2-4H2,1H3,(H2,10,11,12)/t6-/m1/s1. The second-order valence-corrected chi connectivity index (χ2v) is 3.41. The van der Waals surface area contributed by atoms with Crippen molar-refractivity contribution >= 4 is 5.82 Å². The van der Waals surface area contributed by atoms with Gasteiger partial charge in [-0.3, -0.25) is 0 Å². The highest BCUT2D eigenvalue weighted by atomic mass is 14.9. The van der Waals surface area contributed by atoms with Crippen LogP contribution in [0.25, 0.3) is 0 Å². The number of hydrogen-bond acceptors (Lipinski definition) is 3. The van der Waals surface area contributed by atoms with E-state index in [1.807, 2.05) is 0 Å². The molecule has 64 valence electrons. The van der Waals surface area contributed by atoms with Crippen LogP contribution in [0, 0.1) is 0 Å². The van der Waals surface area contributed by atoms with Gasteiger partial charge < -0.3 is 5.73 Å². The SMILES string of the molecule is C[C@@H]1CCCc2ncnc(N)c21. The highest BCUT2D eigenvalue weighted by Gasteiger charge is 2.20. The van der Waals surface area contributed by atoms with Gasteiger partial charge in [0.1, 0.15) is 12.1 Å². The summed E-state index contributed by atoms with van der Waals surface area (Å²) >= 11 is 0. The Bertz CT molecular complexity index is 296. The van der Waals surface area contributed by atoms with Crippen LogP contribution in [0.1, 0.15) is 36.9 Å². The number of hydrogen-bond donors (Lipinski definition) is 1. The molecule has 1 aliphatic rings. The lowest BCUT2D eigenvalue weighted by molar-refractivity contribution is 0.577. The number of aryl methyl sites for hydroxylation is 1. The Balaban J connectivity index is 2.53. The minimum atomic E-state index is 0.537. The molecule has 1 atom stereocenters. The summed E-state index contributed by atoms with van der Waals surface area (Å²) in [4.78, 5) is 8.25. The van der Waals surface area contributed by atoms with Crippen molar-refractivity contribution in [2.45, 2.75) is 32.1 Å². The van der Waals surface area contributed by atoms with Gasteiger partial charge in [0.25, 0.3) is 0 Å². The van der Waals surface area contributed by atoms with Gasteiger partial charge in [0, 0.05) is 11.3 Å². The van der Waals surface area contributed by atoms with Gasteiger partial charge in [0.05, 0.1) is 0 Å². The van der Waals surface area contributed by atoms with Crippen molar-refractivity contribution in [2.75, 3.05) is 5.73 Å². The zero-order valence-electron chi connectivity index (χ0n) is 7.25. The lowest BCUT2D eigenvalue weighted by atomic mass is 9.87. The van der Waals surface area contributed by atoms with Crippen LogP contribution in [-0.2, 0) is 6.42 Å². The zero-order valence-corrected chi connectivity index (χ0v) is 7.25. The van der Waals surface area contributed by atoms with Crippen LogP contribution < -0.4 is 5.73 Å². The minimum absolute atomic E-state index is 0.537. The number of aromatic nitrogens is 2. The fraction of sp³-hybridized carbons (Fsp3) is 0.556. The second-order valence-electron chi connectivity index (χ2n) is 3.41. The molecule has 0 radical (unpaired) electrons. The van der Waals surface area contributed by atoms with E-state index in [-0.39, 0.29) is 0 Å². The Labute approximate surface area is 72.0 Å². The third-order valence-electron chi connectivity index (χ3n) is 2.54. The predicted molar refractivity (Wildman–Crippen MR) is 47.8 cm³/mol. The molecular formula is C9H13N3. The number of nitrogens with two attached hydrogens (primary N) is 1. The largest absolute Gasteiger partial charge is 0.383 e. The number of fused-ring (bicyclic) bond motifs is 1. The predicted octanol–water partition coefficient (Wildman–Crippen LogP) is 1.50. The van der Waals surface area contributed by atoms with Gasteiger partial charge in [-0.25, -0.2) is 9.97 Å². The summed E-state index contributed by atoms with van der Waals surface area (Å²) in [5.74, 6) is 1.21. The molecule has 12 heavy (non-hydrogen) atoms. The topological polar surface area (TPSA) is 51.8 Å². The summed E-state index contributed by atoms with van der Waals surface area (Å²) in [6.45, 7) is 2.19. The van der Waals surface area contributed by atoms with Crippen molar-refractivity contribution in [1.82, 2.24) is 9.97 Å². The fourth-order valence-corrected chi connectivity index (χ4v) is 1.90. The van der Waals surface area contributed by atoms with E-state index in [2.05, 4.69) is 16.9 Å². The summed E-state index contributed by atoms with van der Waals surface area (Å²) in [5.41, 5.74) is 8.12. The zero-order chi connectivity index (χ0) is 8.55. The van der Waals surface area contributed by atoms with Crippen LogP contribution >= 0.6 is 0 Å². The van der Waals surface area contributed by atoms with Gasteiger partial charge in [0.2, 0.25) is 0 Å². The Kier molecular flexibility index (Phi) is 1.71. The number of nitrogens with zero attached hydrogens (tertiary/aromatic N) is 2. The van der Waals surface area contributed by atoms with E-state index in [1.54, 1.807) is 6.33 Å². The first-order valence-corrected chi connectivity index (χ1v) is 4.38. The molecule has 1 aliphatic carbocycles. The molecule has 0 saturated heterocycles. The van der Waals surface area contributed by atoms with E-state index in [1.165, 1.54) is 18.4 Å². The molecule has 1 aromatic heterocycles. The van der Waals surface area contributed by atoms with Crippen LogP contribution in [0.5, 0.6) is 0 Å². The maximum Gasteiger partial charge on any atom is 0.130 e. The van der Waals surface area contributed by atoms with E-state index in [0.717, 1.165) is 12.1 Å². The summed E-state index contributed by atoms with van der Waals surface area (Å²) in [6, 6.07) is 0. The molecular weight excluding hydrogens is 150 g/mol. The van der Waals surface area contributed by atoms with Crippen LogP contribution in [0.2, 0.25) is 0 Å². The van der Waals surface area contributed by atoms with Crippen LogP contribution in [0.3, 0.4) is 0 Å². The van der Waals surface area contributed by atoms with Crippen molar-refractivity contribution in [2.24, 2.45) is 0 Å². The van der Waals surface area contributed by atoms with E-state index in [4.69, 9.17) is 5.73 Å². The van der Waals surface area contributed by atoms with Gasteiger partial charge in [0.15, 0.2) is 0 Å². The number of nitrogen functional groups attached to an aromatic ring is 1. The maximum absolute atomic E-state index is 5.78. The van der Waals surface area contributed by atoms with Crippen LogP contribution in [-0.4, -0.2) is 9.97 Å². The van der Waals surface area contributed by atoms with Crippen molar-refractivity contribution in [1.29, 1.82) is 0 Å². The molecule has 0 aliphatic heterocycles. The molecule has 0 unspecified atom stereocenters. The quantitative estimate of drug-likeness (QED) is 0.630. The van der Waals surface area contributed by atoms with Gasteiger partial charge >= 0.3 is 0 Å².